The van der Waals surface area contributed by atoms with E-state index in [0.29, 0.717) is 0 Å². The highest BCUT2D eigenvalue weighted by Crippen LogP contribution is 2.47. The highest BCUT2D eigenvalue weighted by Gasteiger charge is 2.39. The van der Waals surface area contributed by atoms with Gasteiger partial charge >= 0.3 is 0 Å². The maximum Gasteiger partial charge on any atom is 0.222 e. The van der Waals surface area contributed by atoms with E-state index in [9.17, 15) is 4.79 Å². The number of fused-ring (bicyclic) bond motifs is 2. The molecule has 2 aliphatic carbocycles. The standard InChI is InChI=1S/C12H21NO/c1-8(2)12(14)13-7-11-6-9-3-4-10(11)5-9/h8-11H,3-7H2,1-2H3,(H,13,14). The summed E-state index contributed by atoms with van der Waals surface area (Å²) in [7, 11) is 0. The van der Waals surface area contributed by atoms with Crippen molar-refractivity contribution in [3.8, 4) is 0 Å². The van der Waals surface area contributed by atoms with Crippen molar-refractivity contribution in [3.05, 3.63) is 0 Å². The van der Waals surface area contributed by atoms with E-state index in [0.717, 1.165) is 24.3 Å². The smallest absolute Gasteiger partial charge is 0.222 e. The molecule has 0 aliphatic heterocycles. The Labute approximate surface area is 86.5 Å². The molecule has 0 saturated heterocycles. The van der Waals surface area contributed by atoms with Gasteiger partial charge in [-0.1, -0.05) is 20.3 Å². The molecule has 1 amide bonds. The Morgan fingerprint density at radius 3 is 2.64 bits per heavy atom. The number of hydrogen-bond donors (Lipinski definition) is 1. The van der Waals surface area contributed by atoms with Gasteiger partial charge < -0.3 is 5.32 Å². The highest BCUT2D eigenvalue weighted by atomic mass is 16.1. The van der Waals surface area contributed by atoms with Crippen LogP contribution in [0.25, 0.3) is 0 Å². The molecule has 2 saturated carbocycles. The maximum atomic E-state index is 11.4. The van der Waals surface area contributed by atoms with Crippen LogP contribution in [0.2, 0.25) is 0 Å². The predicted octanol–water partition coefficient (Wildman–Crippen LogP) is 2.19. The molecule has 2 heteroatoms. The summed E-state index contributed by atoms with van der Waals surface area (Å²) in [5.41, 5.74) is 0. The van der Waals surface area contributed by atoms with E-state index in [2.05, 4.69) is 5.32 Å². The van der Waals surface area contributed by atoms with Crippen LogP contribution in [0.5, 0.6) is 0 Å². The second-order valence-corrected chi connectivity index (χ2v) is 5.33. The molecule has 1 N–H and O–H groups in total. The van der Waals surface area contributed by atoms with Crippen molar-refractivity contribution in [1.82, 2.24) is 5.32 Å². The number of hydrogen-bond acceptors (Lipinski definition) is 1. The summed E-state index contributed by atoms with van der Waals surface area (Å²) >= 11 is 0. The van der Waals surface area contributed by atoms with E-state index in [4.69, 9.17) is 0 Å². The summed E-state index contributed by atoms with van der Waals surface area (Å²) in [4.78, 5) is 11.4. The zero-order valence-electron chi connectivity index (χ0n) is 9.25. The fraction of sp³-hybridized carbons (Fsp3) is 0.917. The third-order valence-corrected chi connectivity index (χ3v) is 3.95. The van der Waals surface area contributed by atoms with Crippen molar-refractivity contribution in [2.24, 2.45) is 23.7 Å². The van der Waals surface area contributed by atoms with E-state index >= 15 is 0 Å². The van der Waals surface area contributed by atoms with Crippen LogP contribution in [-0.2, 0) is 4.79 Å². The Bertz CT molecular complexity index is 224. The molecular weight excluding hydrogens is 174 g/mol. The Balaban J connectivity index is 1.74. The second kappa shape index (κ2) is 3.92. The van der Waals surface area contributed by atoms with Gasteiger partial charge in [-0.25, -0.2) is 0 Å². The normalized spacial score (nSPS) is 35.2. The molecule has 0 aromatic carbocycles. The first kappa shape index (κ1) is 10.0. The summed E-state index contributed by atoms with van der Waals surface area (Å²) in [6, 6.07) is 0. The van der Waals surface area contributed by atoms with Crippen molar-refractivity contribution in [3.63, 3.8) is 0 Å². The summed E-state index contributed by atoms with van der Waals surface area (Å²) < 4.78 is 0. The SMILES string of the molecule is CC(C)C(=O)NCC1CC2CCC1C2. The zero-order chi connectivity index (χ0) is 10.1. The van der Waals surface area contributed by atoms with Crippen LogP contribution in [0.4, 0.5) is 0 Å². The van der Waals surface area contributed by atoms with Crippen LogP contribution in [0, 0.1) is 23.7 Å². The van der Waals surface area contributed by atoms with Crippen molar-refractivity contribution >= 4 is 5.91 Å². The molecule has 14 heavy (non-hydrogen) atoms. The van der Waals surface area contributed by atoms with Gasteiger partial charge in [0.2, 0.25) is 5.91 Å². The van der Waals surface area contributed by atoms with Gasteiger partial charge in [0.15, 0.2) is 0 Å². The summed E-state index contributed by atoms with van der Waals surface area (Å²) in [5, 5.41) is 3.07. The van der Waals surface area contributed by atoms with Gasteiger partial charge in [-0.05, 0) is 37.0 Å². The van der Waals surface area contributed by atoms with E-state index in [1.165, 1.54) is 25.7 Å². The molecule has 3 atom stereocenters. The lowest BCUT2D eigenvalue weighted by Crippen LogP contribution is -2.34. The van der Waals surface area contributed by atoms with Crippen molar-refractivity contribution in [2.45, 2.75) is 39.5 Å². The van der Waals surface area contributed by atoms with Gasteiger partial charge in [0.05, 0.1) is 0 Å². The number of carbonyl (C=O) groups is 1. The summed E-state index contributed by atoms with van der Waals surface area (Å²) in [6.45, 7) is 4.84. The van der Waals surface area contributed by atoms with Gasteiger partial charge in [-0.2, -0.15) is 0 Å². The number of amides is 1. The maximum absolute atomic E-state index is 11.4. The largest absolute Gasteiger partial charge is 0.356 e. The third kappa shape index (κ3) is 1.94. The van der Waals surface area contributed by atoms with Crippen molar-refractivity contribution in [2.75, 3.05) is 6.54 Å². The van der Waals surface area contributed by atoms with Gasteiger partial charge in [0.1, 0.15) is 0 Å². The second-order valence-electron chi connectivity index (χ2n) is 5.33. The van der Waals surface area contributed by atoms with Crippen LogP contribution >= 0.6 is 0 Å². The Hall–Kier alpha value is -0.530. The molecular formula is C12H21NO. The van der Waals surface area contributed by atoms with Gasteiger partial charge in [0.25, 0.3) is 0 Å². The van der Waals surface area contributed by atoms with Gasteiger partial charge in [0, 0.05) is 12.5 Å². The first-order valence-corrected chi connectivity index (χ1v) is 5.94. The minimum atomic E-state index is 0.133. The lowest BCUT2D eigenvalue weighted by atomic mass is 9.89. The van der Waals surface area contributed by atoms with Gasteiger partial charge in [-0.15, -0.1) is 0 Å². The topological polar surface area (TPSA) is 29.1 Å². The van der Waals surface area contributed by atoms with Crippen LogP contribution in [-0.4, -0.2) is 12.5 Å². The molecule has 2 rings (SSSR count). The first-order valence-electron chi connectivity index (χ1n) is 5.94. The number of rotatable bonds is 3. The van der Waals surface area contributed by atoms with Crippen LogP contribution in [0.3, 0.4) is 0 Å². The average molecular weight is 195 g/mol. The van der Waals surface area contributed by atoms with E-state index in [1.807, 2.05) is 13.8 Å². The quantitative estimate of drug-likeness (QED) is 0.735. The minimum Gasteiger partial charge on any atom is -0.356 e. The van der Waals surface area contributed by atoms with E-state index in [1.54, 1.807) is 0 Å². The molecule has 2 fully saturated rings. The number of nitrogens with one attached hydrogen (secondary N) is 1. The fourth-order valence-corrected chi connectivity index (χ4v) is 3.06. The molecule has 2 nitrogen and oxygen atoms in total. The minimum absolute atomic E-state index is 0.133. The number of carbonyl (C=O) groups excluding carboxylic acids is 1. The Morgan fingerprint density at radius 1 is 1.36 bits per heavy atom. The molecule has 0 spiro atoms. The lowest BCUT2D eigenvalue weighted by molar-refractivity contribution is -0.124. The Morgan fingerprint density at radius 2 is 2.14 bits per heavy atom. The van der Waals surface area contributed by atoms with Crippen molar-refractivity contribution < 1.29 is 4.79 Å². The molecule has 80 valence electrons. The monoisotopic (exact) mass is 195 g/mol. The lowest BCUT2D eigenvalue weighted by Gasteiger charge is -2.22. The molecule has 3 unspecified atom stereocenters. The third-order valence-electron chi connectivity index (χ3n) is 3.95. The van der Waals surface area contributed by atoms with Crippen LogP contribution < -0.4 is 5.32 Å². The molecule has 2 aliphatic rings. The molecule has 0 radical (unpaired) electrons. The molecule has 0 aromatic heterocycles. The van der Waals surface area contributed by atoms with Gasteiger partial charge in [-0.3, -0.25) is 4.79 Å². The molecule has 0 heterocycles. The Kier molecular flexibility index (Phi) is 2.80. The van der Waals surface area contributed by atoms with E-state index < -0.39 is 0 Å². The van der Waals surface area contributed by atoms with Crippen LogP contribution in [0.1, 0.15) is 39.5 Å². The van der Waals surface area contributed by atoms with Crippen LogP contribution in [0.15, 0.2) is 0 Å². The average Bonchev–Trinajstić information content (AvgIpc) is 2.74. The first-order chi connectivity index (χ1) is 6.66. The fourth-order valence-electron chi connectivity index (χ4n) is 3.06. The summed E-state index contributed by atoms with van der Waals surface area (Å²) in [5.74, 6) is 3.05. The summed E-state index contributed by atoms with van der Waals surface area (Å²) in [6.07, 6.45) is 5.65. The molecule has 2 bridgehead atoms. The highest BCUT2D eigenvalue weighted by molar-refractivity contribution is 5.77. The molecule has 0 aromatic rings. The zero-order valence-corrected chi connectivity index (χ0v) is 9.25. The van der Waals surface area contributed by atoms with Crippen molar-refractivity contribution in [1.29, 1.82) is 0 Å². The predicted molar refractivity (Wildman–Crippen MR) is 56.8 cm³/mol. The van der Waals surface area contributed by atoms with E-state index in [-0.39, 0.29) is 11.8 Å².